The predicted molar refractivity (Wildman–Crippen MR) is 233 cm³/mol. The number of pyridine rings is 1. The number of ether oxygens (including phenoxy) is 2. The number of rotatable bonds is 15. The highest BCUT2D eigenvalue weighted by Crippen LogP contribution is 2.34. The van der Waals surface area contributed by atoms with Crippen LogP contribution in [0.3, 0.4) is 0 Å². The number of piperidine rings is 1. The van der Waals surface area contributed by atoms with Crippen molar-refractivity contribution in [2.45, 2.75) is 89.8 Å². The summed E-state index contributed by atoms with van der Waals surface area (Å²) in [5, 5.41) is 15.8. The van der Waals surface area contributed by atoms with E-state index < -0.39 is 6.03 Å². The molecule has 15 heteroatoms. The lowest BCUT2D eigenvalue weighted by atomic mass is 9.92. The Bertz CT molecular complexity index is 2260. The maximum atomic E-state index is 13.9. The number of hydrogen-bond donors (Lipinski definition) is 2. The van der Waals surface area contributed by atoms with Crippen molar-refractivity contribution in [1.82, 2.24) is 30.0 Å². The average Bonchev–Trinajstić information content (AvgIpc) is 3.69. The van der Waals surface area contributed by atoms with E-state index in [1.54, 1.807) is 52.4 Å². The maximum Gasteiger partial charge on any atom is 0.328 e. The third-order valence-electron chi connectivity index (χ3n) is 12.0. The number of carbonyl (C=O) groups is 4. The number of fused-ring (bicyclic) bond motifs is 1. The van der Waals surface area contributed by atoms with E-state index in [-0.39, 0.29) is 48.9 Å². The molecule has 0 atom stereocenters. The first-order valence-corrected chi connectivity index (χ1v) is 21.8. The highest BCUT2D eigenvalue weighted by Gasteiger charge is 2.29. The Morgan fingerprint density at radius 2 is 1.77 bits per heavy atom. The standard InChI is InChI=1S/C46H55ClN8O6/c1-30(2)54-21-16-38-41(54)24-33(25-42(38)55-22-17-43(56)51-46(55)59)45(58)52(3)29-31-14-19-53(20-15-31)18-4-5-23-60-37-12-13-40(49-28-37)44(57)50-34-7-10-35(11-8-34)61-36-9-6-32(27-48)39(47)26-36/h6,9,12-13,16,21,24-26,28,30-31,34-35H,4-5,7-8,10-11,14-15,17-20,22-23,29H2,1-3H3,(H,50,57)(H,51,56,59). The van der Waals surface area contributed by atoms with Crippen molar-refractivity contribution < 1.29 is 28.7 Å². The second-order valence-corrected chi connectivity index (χ2v) is 17.1. The van der Waals surface area contributed by atoms with Crippen molar-refractivity contribution >= 4 is 51.9 Å². The topological polar surface area (TPSA) is 162 Å². The first-order chi connectivity index (χ1) is 29.4. The summed E-state index contributed by atoms with van der Waals surface area (Å²) in [6.45, 7) is 8.58. The minimum Gasteiger partial charge on any atom is -0.492 e. The Kier molecular flexibility index (Phi) is 14.1. The summed E-state index contributed by atoms with van der Waals surface area (Å²) in [5.41, 5.74) is 2.82. The van der Waals surface area contributed by atoms with Crippen molar-refractivity contribution in [1.29, 1.82) is 5.26 Å². The smallest absolute Gasteiger partial charge is 0.328 e. The Morgan fingerprint density at radius 1 is 1.00 bits per heavy atom. The van der Waals surface area contributed by atoms with Gasteiger partial charge in [-0.3, -0.25) is 24.6 Å². The van der Waals surface area contributed by atoms with E-state index in [2.05, 4.69) is 45.0 Å². The van der Waals surface area contributed by atoms with Crippen LogP contribution in [0.25, 0.3) is 10.9 Å². The number of hydrogen-bond acceptors (Lipinski definition) is 9. The molecule has 3 fully saturated rings. The highest BCUT2D eigenvalue weighted by molar-refractivity contribution is 6.31. The van der Waals surface area contributed by atoms with E-state index in [1.807, 2.05) is 25.4 Å². The fourth-order valence-electron chi connectivity index (χ4n) is 8.58. The van der Waals surface area contributed by atoms with Gasteiger partial charge in [-0.1, -0.05) is 11.6 Å². The molecule has 3 aliphatic rings. The van der Waals surface area contributed by atoms with E-state index in [9.17, 15) is 19.2 Å². The molecule has 2 aliphatic heterocycles. The SMILES string of the molecule is CC(C)n1ccc2c(N3CCC(=O)NC3=O)cc(C(=O)N(C)CC3CCN(CCCCOc4ccc(C(=O)NC5CCC(Oc6ccc(C#N)c(Cl)c6)CC5)nc4)CC3)cc21. The van der Waals surface area contributed by atoms with Gasteiger partial charge in [0.15, 0.2) is 0 Å². The first kappa shape index (κ1) is 43.4. The Balaban J connectivity index is 0.793. The molecule has 7 rings (SSSR count). The van der Waals surface area contributed by atoms with Crippen LogP contribution in [-0.2, 0) is 4.79 Å². The molecule has 1 aliphatic carbocycles. The van der Waals surface area contributed by atoms with Crippen molar-refractivity contribution in [2.24, 2.45) is 5.92 Å². The number of likely N-dealkylation sites (tertiary alicyclic amines) is 1. The Morgan fingerprint density at radius 3 is 2.46 bits per heavy atom. The summed E-state index contributed by atoms with van der Waals surface area (Å²) in [6.07, 6.45) is 10.9. The molecular weight excluding hydrogens is 796 g/mol. The number of amides is 5. The number of carbonyl (C=O) groups excluding carboxylic acids is 4. The summed E-state index contributed by atoms with van der Waals surface area (Å²) in [4.78, 5) is 61.7. The summed E-state index contributed by atoms with van der Waals surface area (Å²) in [5.74, 6) is 1.09. The summed E-state index contributed by atoms with van der Waals surface area (Å²) < 4.78 is 14.1. The first-order valence-electron chi connectivity index (χ1n) is 21.5. The number of nitrogens with zero attached hydrogens (tertiary/aromatic N) is 6. The van der Waals surface area contributed by atoms with Gasteiger partial charge in [0.05, 0.1) is 40.7 Å². The monoisotopic (exact) mass is 850 g/mol. The molecule has 5 amide bonds. The number of urea groups is 1. The van der Waals surface area contributed by atoms with Crippen LogP contribution < -0.4 is 25.0 Å². The molecule has 4 heterocycles. The number of nitriles is 1. The fourth-order valence-corrected chi connectivity index (χ4v) is 8.79. The van der Waals surface area contributed by atoms with Crippen LogP contribution in [0.15, 0.2) is 60.9 Å². The summed E-state index contributed by atoms with van der Waals surface area (Å²) >= 11 is 6.14. The zero-order valence-corrected chi connectivity index (χ0v) is 36.0. The van der Waals surface area contributed by atoms with Gasteiger partial charge < -0.3 is 29.2 Å². The van der Waals surface area contributed by atoms with Crippen LogP contribution in [0.2, 0.25) is 5.02 Å². The molecule has 0 radical (unpaired) electrons. The van der Waals surface area contributed by atoms with Crippen LogP contribution in [-0.4, -0.2) is 102 Å². The largest absolute Gasteiger partial charge is 0.492 e. The van der Waals surface area contributed by atoms with Crippen molar-refractivity contribution in [3.05, 3.63) is 82.8 Å². The number of unbranched alkanes of at least 4 members (excludes halogenated alkanes) is 1. The number of nitrogens with one attached hydrogen (secondary N) is 2. The second kappa shape index (κ2) is 19.8. The van der Waals surface area contributed by atoms with Crippen LogP contribution in [0.1, 0.15) is 104 Å². The number of benzene rings is 2. The summed E-state index contributed by atoms with van der Waals surface area (Å²) in [7, 11) is 1.85. The molecule has 2 aromatic carbocycles. The molecule has 4 aromatic rings. The zero-order chi connectivity index (χ0) is 43.0. The number of halogens is 1. The van der Waals surface area contributed by atoms with Crippen molar-refractivity contribution in [3.8, 4) is 17.6 Å². The van der Waals surface area contributed by atoms with Crippen molar-refractivity contribution in [3.63, 3.8) is 0 Å². The lowest BCUT2D eigenvalue weighted by molar-refractivity contribution is -0.120. The van der Waals surface area contributed by atoms with Gasteiger partial charge in [0, 0.05) is 61.9 Å². The average molecular weight is 851 g/mol. The molecule has 2 N–H and O–H groups in total. The van der Waals surface area contributed by atoms with E-state index >= 15 is 0 Å². The quantitative estimate of drug-likeness (QED) is 0.117. The Labute approximate surface area is 362 Å². The maximum absolute atomic E-state index is 13.9. The van der Waals surface area contributed by atoms with Crippen LogP contribution >= 0.6 is 11.6 Å². The van der Waals surface area contributed by atoms with E-state index in [0.29, 0.717) is 58.1 Å². The lowest BCUT2D eigenvalue weighted by Gasteiger charge is -2.34. The molecule has 322 valence electrons. The van der Waals surface area contributed by atoms with Gasteiger partial charge in [0.25, 0.3) is 11.8 Å². The van der Waals surface area contributed by atoms with Crippen LogP contribution in [0, 0.1) is 17.2 Å². The van der Waals surface area contributed by atoms with E-state index in [1.165, 1.54) is 0 Å². The number of imide groups is 1. The number of anilines is 1. The molecular formula is C46H55ClN8O6. The molecule has 2 saturated heterocycles. The molecule has 1 saturated carbocycles. The normalized spacial score (nSPS) is 18.8. The van der Waals surface area contributed by atoms with Crippen LogP contribution in [0.4, 0.5) is 10.5 Å². The van der Waals surface area contributed by atoms with E-state index in [0.717, 1.165) is 81.9 Å². The van der Waals surface area contributed by atoms with Gasteiger partial charge in [-0.15, -0.1) is 0 Å². The van der Waals surface area contributed by atoms with Gasteiger partial charge in [-0.05, 0) is 133 Å². The van der Waals surface area contributed by atoms with Gasteiger partial charge in [0.1, 0.15) is 23.3 Å². The highest BCUT2D eigenvalue weighted by atomic mass is 35.5. The number of aromatic nitrogens is 2. The Hall–Kier alpha value is -5.65. The molecule has 0 bridgehead atoms. The molecule has 14 nitrogen and oxygen atoms in total. The minimum absolute atomic E-state index is 0.0257. The third kappa shape index (κ3) is 10.8. The second-order valence-electron chi connectivity index (χ2n) is 16.7. The molecule has 2 aromatic heterocycles. The molecule has 0 unspecified atom stereocenters. The van der Waals surface area contributed by atoms with E-state index in [4.69, 9.17) is 26.3 Å². The fraction of sp³-hybridized carbons (Fsp3) is 0.478. The van der Waals surface area contributed by atoms with Gasteiger partial charge in [-0.25, -0.2) is 9.78 Å². The zero-order valence-electron chi connectivity index (χ0n) is 35.2. The van der Waals surface area contributed by atoms with Crippen molar-refractivity contribution in [2.75, 3.05) is 51.3 Å². The summed E-state index contributed by atoms with van der Waals surface area (Å²) in [6, 6.07) is 16.1. The van der Waals surface area contributed by atoms with Gasteiger partial charge >= 0.3 is 6.03 Å². The molecule has 0 spiro atoms. The van der Waals surface area contributed by atoms with Gasteiger partial charge in [0.2, 0.25) is 5.91 Å². The third-order valence-corrected chi connectivity index (χ3v) is 12.3. The molecule has 61 heavy (non-hydrogen) atoms. The van der Waals surface area contributed by atoms with Crippen LogP contribution in [0.5, 0.6) is 11.5 Å². The minimum atomic E-state index is -0.468. The van der Waals surface area contributed by atoms with Gasteiger partial charge in [-0.2, -0.15) is 5.26 Å². The lowest BCUT2D eigenvalue weighted by Crippen LogP contribution is -2.49. The predicted octanol–water partition coefficient (Wildman–Crippen LogP) is 7.35.